The first-order chi connectivity index (χ1) is 11.1. The SMILES string of the molecule is CN=C(NCc1ccnc(N(C)C)c1)NC(C)c1ccccc1. The zero-order valence-electron chi connectivity index (χ0n) is 14.2. The van der Waals surface area contributed by atoms with Crippen LogP contribution in [-0.4, -0.2) is 32.1 Å². The second-order valence-electron chi connectivity index (χ2n) is 5.62. The van der Waals surface area contributed by atoms with E-state index >= 15 is 0 Å². The number of aliphatic imine (C=N–C) groups is 1. The third kappa shape index (κ3) is 4.98. The second kappa shape index (κ2) is 8.17. The molecule has 1 aromatic heterocycles. The Balaban J connectivity index is 1.94. The maximum atomic E-state index is 4.33. The van der Waals surface area contributed by atoms with Crippen molar-refractivity contribution in [1.82, 2.24) is 15.6 Å². The average molecular weight is 311 g/mol. The van der Waals surface area contributed by atoms with Crippen molar-refractivity contribution < 1.29 is 0 Å². The van der Waals surface area contributed by atoms with Gasteiger partial charge < -0.3 is 15.5 Å². The van der Waals surface area contributed by atoms with E-state index in [0.717, 1.165) is 11.8 Å². The second-order valence-corrected chi connectivity index (χ2v) is 5.62. The van der Waals surface area contributed by atoms with Gasteiger partial charge in [-0.1, -0.05) is 30.3 Å². The highest BCUT2D eigenvalue weighted by Crippen LogP contribution is 2.11. The van der Waals surface area contributed by atoms with Gasteiger partial charge in [0.25, 0.3) is 0 Å². The van der Waals surface area contributed by atoms with Gasteiger partial charge in [0.1, 0.15) is 5.82 Å². The molecule has 0 fully saturated rings. The first-order valence-electron chi connectivity index (χ1n) is 7.74. The molecule has 0 radical (unpaired) electrons. The Morgan fingerprint density at radius 1 is 1.22 bits per heavy atom. The topological polar surface area (TPSA) is 52.6 Å². The highest BCUT2D eigenvalue weighted by molar-refractivity contribution is 5.80. The van der Waals surface area contributed by atoms with Crippen molar-refractivity contribution in [3.8, 4) is 0 Å². The Bertz CT molecular complexity index is 637. The van der Waals surface area contributed by atoms with Gasteiger partial charge in [0, 0.05) is 33.9 Å². The molecule has 1 aromatic carbocycles. The van der Waals surface area contributed by atoms with Gasteiger partial charge in [0.15, 0.2) is 5.96 Å². The van der Waals surface area contributed by atoms with Crippen molar-refractivity contribution >= 4 is 11.8 Å². The van der Waals surface area contributed by atoms with Crippen LogP contribution < -0.4 is 15.5 Å². The molecule has 5 nitrogen and oxygen atoms in total. The van der Waals surface area contributed by atoms with Gasteiger partial charge in [-0.25, -0.2) is 4.98 Å². The van der Waals surface area contributed by atoms with E-state index in [-0.39, 0.29) is 6.04 Å². The van der Waals surface area contributed by atoms with E-state index in [1.54, 1.807) is 7.05 Å². The number of guanidine groups is 1. The molecule has 23 heavy (non-hydrogen) atoms. The summed E-state index contributed by atoms with van der Waals surface area (Å²) in [6.45, 7) is 2.82. The number of anilines is 1. The van der Waals surface area contributed by atoms with Crippen molar-refractivity contribution in [3.05, 3.63) is 59.8 Å². The molecule has 0 saturated carbocycles. The van der Waals surface area contributed by atoms with Crippen molar-refractivity contribution in [1.29, 1.82) is 0 Å². The minimum Gasteiger partial charge on any atom is -0.363 e. The van der Waals surface area contributed by atoms with Gasteiger partial charge in [-0.3, -0.25) is 4.99 Å². The predicted octanol–water partition coefficient (Wildman–Crippen LogP) is 2.57. The lowest BCUT2D eigenvalue weighted by atomic mass is 10.1. The molecule has 0 aliphatic rings. The van der Waals surface area contributed by atoms with Crippen LogP contribution in [0.15, 0.2) is 53.7 Å². The lowest BCUT2D eigenvalue weighted by Gasteiger charge is -2.18. The third-order valence-corrected chi connectivity index (χ3v) is 3.60. The largest absolute Gasteiger partial charge is 0.363 e. The van der Waals surface area contributed by atoms with E-state index in [2.05, 4.69) is 45.7 Å². The Labute approximate surface area is 138 Å². The highest BCUT2D eigenvalue weighted by atomic mass is 15.2. The van der Waals surface area contributed by atoms with Gasteiger partial charge in [-0.2, -0.15) is 0 Å². The summed E-state index contributed by atoms with van der Waals surface area (Å²) in [5.41, 5.74) is 2.40. The molecule has 0 aliphatic heterocycles. The molecule has 5 heteroatoms. The van der Waals surface area contributed by atoms with Crippen LogP contribution in [0.1, 0.15) is 24.1 Å². The Hall–Kier alpha value is -2.56. The normalized spacial score (nSPS) is 12.6. The molecule has 0 aliphatic carbocycles. The van der Waals surface area contributed by atoms with Crippen molar-refractivity contribution in [3.63, 3.8) is 0 Å². The molecule has 0 bridgehead atoms. The summed E-state index contributed by atoms with van der Waals surface area (Å²) in [5.74, 6) is 1.73. The van der Waals surface area contributed by atoms with Gasteiger partial charge >= 0.3 is 0 Å². The summed E-state index contributed by atoms with van der Waals surface area (Å²) < 4.78 is 0. The van der Waals surface area contributed by atoms with Crippen LogP contribution in [0.5, 0.6) is 0 Å². The molecule has 0 saturated heterocycles. The van der Waals surface area contributed by atoms with Crippen LogP contribution in [0.3, 0.4) is 0 Å². The lowest BCUT2D eigenvalue weighted by Crippen LogP contribution is -2.38. The van der Waals surface area contributed by atoms with Crippen LogP contribution in [0.4, 0.5) is 5.82 Å². The minimum absolute atomic E-state index is 0.192. The summed E-state index contributed by atoms with van der Waals surface area (Å²) in [7, 11) is 5.76. The van der Waals surface area contributed by atoms with Crippen LogP contribution in [0, 0.1) is 0 Å². The van der Waals surface area contributed by atoms with Gasteiger partial charge in [-0.15, -0.1) is 0 Å². The van der Waals surface area contributed by atoms with Crippen LogP contribution in [-0.2, 0) is 6.54 Å². The minimum atomic E-state index is 0.192. The highest BCUT2D eigenvalue weighted by Gasteiger charge is 2.07. The number of nitrogens with one attached hydrogen (secondary N) is 2. The molecular weight excluding hydrogens is 286 g/mol. The molecular formula is C18H25N5. The smallest absolute Gasteiger partial charge is 0.191 e. The Kier molecular flexibility index (Phi) is 5.97. The lowest BCUT2D eigenvalue weighted by molar-refractivity contribution is 0.685. The summed E-state index contributed by atoms with van der Waals surface area (Å²) >= 11 is 0. The molecule has 2 rings (SSSR count). The first-order valence-corrected chi connectivity index (χ1v) is 7.74. The number of aromatic nitrogens is 1. The van der Waals surface area contributed by atoms with E-state index in [9.17, 15) is 0 Å². The molecule has 122 valence electrons. The summed E-state index contributed by atoms with van der Waals surface area (Å²) in [5, 5.41) is 6.75. The average Bonchev–Trinajstić information content (AvgIpc) is 2.59. The van der Waals surface area contributed by atoms with Crippen LogP contribution in [0.2, 0.25) is 0 Å². The molecule has 0 amide bonds. The van der Waals surface area contributed by atoms with E-state index in [0.29, 0.717) is 6.54 Å². The molecule has 0 spiro atoms. The summed E-state index contributed by atoms with van der Waals surface area (Å²) in [6, 6.07) is 14.6. The van der Waals surface area contributed by atoms with Gasteiger partial charge in [0.05, 0.1) is 6.04 Å². The quantitative estimate of drug-likeness (QED) is 0.658. The fourth-order valence-electron chi connectivity index (χ4n) is 2.23. The van der Waals surface area contributed by atoms with Crippen LogP contribution >= 0.6 is 0 Å². The van der Waals surface area contributed by atoms with E-state index < -0.39 is 0 Å². The molecule has 1 unspecified atom stereocenters. The summed E-state index contributed by atoms with van der Waals surface area (Å²) in [4.78, 5) is 10.6. The molecule has 1 atom stereocenters. The maximum absolute atomic E-state index is 4.33. The van der Waals surface area contributed by atoms with E-state index in [1.807, 2.05) is 49.5 Å². The monoisotopic (exact) mass is 311 g/mol. The molecule has 1 heterocycles. The van der Waals surface area contributed by atoms with Crippen molar-refractivity contribution in [2.24, 2.45) is 4.99 Å². The third-order valence-electron chi connectivity index (χ3n) is 3.60. The fourth-order valence-corrected chi connectivity index (χ4v) is 2.23. The summed E-state index contributed by atoms with van der Waals surface area (Å²) in [6.07, 6.45) is 1.83. The van der Waals surface area contributed by atoms with Crippen molar-refractivity contribution in [2.75, 3.05) is 26.0 Å². The first kappa shape index (κ1) is 16.8. The standard InChI is InChI=1S/C18H25N5/c1-14(16-8-6-5-7-9-16)22-18(19-2)21-13-15-10-11-20-17(12-15)23(3)4/h5-12,14H,13H2,1-4H3,(H2,19,21,22). The number of pyridine rings is 1. The Morgan fingerprint density at radius 3 is 2.61 bits per heavy atom. The van der Waals surface area contributed by atoms with Gasteiger partial charge in [-0.05, 0) is 30.2 Å². The maximum Gasteiger partial charge on any atom is 0.191 e. The van der Waals surface area contributed by atoms with Crippen molar-refractivity contribution in [2.45, 2.75) is 19.5 Å². The number of hydrogen-bond donors (Lipinski definition) is 2. The Morgan fingerprint density at radius 2 is 1.96 bits per heavy atom. The number of rotatable bonds is 5. The molecule has 2 aromatic rings. The zero-order valence-corrected chi connectivity index (χ0v) is 14.2. The van der Waals surface area contributed by atoms with E-state index in [4.69, 9.17) is 0 Å². The number of nitrogens with zero attached hydrogens (tertiary/aromatic N) is 3. The number of hydrogen-bond acceptors (Lipinski definition) is 3. The predicted molar refractivity (Wildman–Crippen MR) is 96.8 cm³/mol. The van der Waals surface area contributed by atoms with Gasteiger partial charge in [0.2, 0.25) is 0 Å². The zero-order chi connectivity index (χ0) is 16.7. The van der Waals surface area contributed by atoms with E-state index in [1.165, 1.54) is 11.1 Å². The fraction of sp³-hybridized carbons (Fsp3) is 0.333. The number of benzene rings is 1. The van der Waals surface area contributed by atoms with Crippen LogP contribution in [0.25, 0.3) is 0 Å². The molecule has 2 N–H and O–H groups in total.